The normalized spacial score (nSPS) is 11.2. The molecule has 0 saturated heterocycles. The van der Waals surface area contributed by atoms with E-state index in [1.165, 1.54) is 18.5 Å². The quantitative estimate of drug-likeness (QED) is 0.535. The van der Waals surface area contributed by atoms with Gasteiger partial charge in [-0.3, -0.25) is 9.59 Å². The SMILES string of the molecule is O=c1ccccn1/N=N/n1cccc(-c2cccc3ccccc23)c1=O. The molecule has 0 saturated carbocycles. The van der Waals surface area contributed by atoms with Gasteiger partial charge in [0.15, 0.2) is 0 Å². The van der Waals surface area contributed by atoms with Gasteiger partial charge in [-0.2, -0.15) is 9.35 Å². The molecule has 4 aromatic rings. The van der Waals surface area contributed by atoms with Crippen LogP contribution in [0.5, 0.6) is 0 Å². The van der Waals surface area contributed by atoms with E-state index in [0.29, 0.717) is 5.56 Å². The molecule has 2 heterocycles. The van der Waals surface area contributed by atoms with Crippen LogP contribution in [-0.4, -0.2) is 9.35 Å². The Bertz CT molecular complexity index is 1230. The number of hydrogen-bond donors (Lipinski definition) is 0. The molecule has 2 aromatic heterocycles. The van der Waals surface area contributed by atoms with Crippen molar-refractivity contribution in [1.29, 1.82) is 0 Å². The summed E-state index contributed by atoms with van der Waals surface area (Å²) in [5, 5.41) is 9.76. The fraction of sp³-hybridized carbons (Fsp3) is 0. The van der Waals surface area contributed by atoms with Gasteiger partial charge in [-0.15, -0.1) is 0 Å². The molecular weight excluding hydrogens is 328 g/mol. The van der Waals surface area contributed by atoms with Crippen LogP contribution in [0.3, 0.4) is 0 Å². The van der Waals surface area contributed by atoms with Gasteiger partial charge in [-0.25, -0.2) is 0 Å². The van der Waals surface area contributed by atoms with Gasteiger partial charge in [0.25, 0.3) is 11.1 Å². The molecule has 0 spiro atoms. The van der Waals surface area contributed by atoms with Crippen LogP contribution in [0.2, 0.25) is 0 Å². The summed E-state index contributed by atoms with van der Waals surface area (Å²) in [7, 11) is 0. The van der Waals surface area contributed by atoms with Gasteiger partial charge in [0, 0.05) is 24.0 Å². The predicted octanol–water partition coefficient (Wildman–Crippen LogP) is 3.51. The van der Waals surface area contributed by atoms with Crippen LogP contribution in [-0.2, 0) is 0 Å². The largest absolute Gasteiger partial charge is 0.280 e. The van der Waals surface area contributed by atoms with Crippen LogP contribution in [0.15, 0.2) is 105 Å². The number of hydrogen-bond acceptors (Lipinski definition) is 4. The Morgan fingerprint density at radius 1 is 0.615 bits per heavy atom. The molecule has 2 aromatic carbocycles. The zero-order valence-electron chi connectivity index (χ0n) is 13.7. The molecule has 126 valence electrons. The van der Waals surface area contributed by atoms with Crippen molar-refractivity contribution in [3.63, 3.8) is 0 Å². The standard InChI is InChI=1S/C20H14N4O2/c25-19-12-3-4-13-23(19)21-22-24-14-6-11-18(20(24)26)17-10-5-8-15-7-1-2-9-16(15)17/h1-14H/b22-21+. The number of fused-ring (bicyclic) bond motifs is 1. The Balaban J connectivity index is 1.83. The Kier molecular flexibility index (Phi) is 3.99. The number of rotatable bonds is 3. The third-order valence-electron chi connectivity index (χ3n) is 4.04. The summed E-state index contributed by atoms with van der Waals surface area (Å²) in [4.78, 5) is 24.5. The highest BCUT2D eigenvalue weighted by Gasteiger charge is 2.09. The first-order chi connectivity index (χ1) is 12.7. The summed E-state index contributed by atoms with van der Waals surface area (Å²) >= 11 is 0. The van der Waals surface area contributed by atoms with Crippen LogP contribution in [0, 0.1) is 0 Å². The second-order valence-electron chi connectivity index (χ2n) is 5.66. The van der Waals surface area contributed by atoms with Gasteiger partial charge in [0.1, 0.15) is 0 Å². The average Bonchev–Trinajstić information content (AvgIpc) is 2.68. The number of nitrogens with zero attached hydrogens (tertiary/aromatic N) is 4. The smallest absolute Gasteiger partial charge is 0.267 e. The van der Waals surface area contributed by atoms with Gasteiger partial charge in [-0.1, -0.05) is 48.5 Å². The van der Waals surface area contributed by atoms with Crippen LogP contribution in [0.25, 0.3) is 21.9 Å². The lowest BCUT2D eigenvalue weighted by Gasteiger charge is -2.07. The first kappa shape index (κ1) is 15.7. The Hall–Kier alpha value is -3.80. The number of benzene rings is 2. The van der Waals surface area contributed by atoms with E-state index < -0.39 is 0 Å². The lowest BCUT2D eigenvalue weighted by molar-refractivity contribution is 0.654. The highest BCUT2D eigenvalue weighted by molar-refractivity contribution is 5.96. The van der Waals surface area contributed by atoms with Gasteiger partial charge in [0.05, 0.1) is 0 Å². The maximum absolute atomic E-state index is 12.8. The lowest BCUT2D eigenvalue weighted by Crippen LogP contribution is -2.18. The minimum atomic E-state index is -0.325. The zero-order valence-corrected chi connectivity index (χ0v) is 13.7. The molecular formula is C20H14N4O2. The molecule has 0 aliphatic rings. The maximum Gasteiger partial charge on any atom is 0.280 e. The van der Waals surface area contributed by atoms with E-state index in [-0.39, 0.29) is 11.1 Å². The molecule has 0 radical (unpaired) electrons. The third-order valence-corrected chi connectivity index (χ3v) is 4.04. The van der Waals surface area contributed by atoms with E-state index in [1.807, 2.05) is 42.5 Å². The Labute approximate surface area is 148 Å². The summed E-state index contributed by atoms with van der Waals surface area (Å²) in [6.07, 6.45) is 2.99. The molecule has 0 aliphatic heterocycles. The second kappa shape index (κ2) is 6.60. The monoisotopic (exact) mass is 342 g/mol. The molecule has 0 aliphatic carbocycles. The van der Waals surface area contributed by atoms with Crippen LogP contribution in [0.4, 0.5) is 0 Å². The summed E-state index contributed by atoms with van der Waals surface area (Å²) < 4.78 is 2.19. The van der Waals surface area contributed by atoms with Gasteiger partial charge >= 0.3 is 0 Å². The summed E-state index contributed by atoms with van der Waals surface area (Å²) in [6, 6.07) is 21.8. The molecule has 0 N–H and O–H groups in total. The van der Waals surface area contributed by atoms with E-state index in [0.717, 1.165) is 25.7 Å². The first-order valence-electron chi connectivity index (χ1n) is 8.04. The average molecular weight is 342 g/mol. The van der Waals surface area contributed by atoms with Crippen molar-refractivity contribution in [1.82, 2.24) is 9.35 Å². The molecule has 0 amide bonds. The molecule has 0 atom stereocenters. The van der Waals surface area contributed by atoms with Crippen molar-refractivity contribution >= 4 is 10.8 Å². The van der Waals surface area contributed by atoms with E-state index in [4.69, 9.17) is 0 Å². The Morgan fingerprint density at radius 2 is 1.31 bits per heavy atom. The third kappa shape index (κ3) is 2.84. The van der Waals surface area contributed by atoms with Gasteiger partial charge in [0.2, 0.25) is 0 Å². The fourth-order valence-corrected chi connectivity index (χ4v) is 2.80. The Morgan fingerprint density at radius 3 is 2.19 bits per heavy atom. The molecule has 6 heteroatoms. The minimum Gasteiger partial charge on any atom is -0.267 e. The van der Waals surface area contributed by atoms with Crippen LogP contribution < -0.4 is 11.1 Å². The van der Waals surface area contributed by atoms with Crippen molar-refractivity contribution in [3.8, 4) is 11.1 Å². The van der Waals surface area contributed by atoms with Crippen molar-refractivity contribution in [2.75, 3.05) is 0 Å². The maximum atomic E-state index is 12.8. The van der Waals surface area contributed by atoms with Crippen molar-refractivity contribution < 1.29 is 0 Å². The molecule has 6 nitrogen and oxygen atoms in total. The molecule has 26 heavy (non-hydrogen) atoms. The van der Waals surface area contributed by atoms with Crippen molar-refractivity contribution in [3.05, 3.63) is 106 Å². The van der Waals surface area contributed by atoms with Crippen molar-refractivity contribution in [2.45, 2.75) is 0 Å². The number of pyridine rings is 2. The predicted molar refractivity (Wildman–Crippen MR) is 100.0 cm³/mol. The highest BCUT2D eigenvalue weighted by atomic mass is 16.1. The van der Waals surface area contributed by atoms with Crippen LogP contribution >= 0.6 is 0 Å². The van der Waals surface area contributed by atoms with E-state index in [9.17, 15) is 9.59 Å². The van der Waals surface area contributed by atoms with E-state index >= 15 is 0 Å². The zero-order chi connectivity index (χ0) is 17.9. The number of aromatic nitrogens is 2. The topological polar surface area (TPSA) is 68.7 Å². The van der Waals surface area contributed by atoms with Gasteiger partial charge < -0.3 is 0 Å². The fourth-order valence-electron chi connectivity index (χ4n) is 2.80. The highest BCUT2D eigenvalue weighted by Crippen LogP contribution is 2.26. The van der Waals surface area contributed by atoms with Crippen molar-refractivity contribution in [2.24, 2.45) is 10.4 Å². The molecule has 0 unspecified atom stereocenters. The molecule has 0 fully saturated rings. The lowest BCUT2D eigenvalue weighted by atomic mass is 9.99. The summed E-state index contributed by atoms with van der Waals surface area (Å²) in [5.41, 5.74) is 0.712. The van der Waals surface area contributed by atoms with Gasteiger partial charge in [-0.05, 0) is 45.0 Å². The molecule has 0 bridgehead atoms. The van der Waals surface area contributed by atoms with Crippen LogP contribution in [0.1, 0.15) is 0 Å². The summed E-state index contributed by atoms with van der Waals surface area (Å²) in [6.45, 7) is 0. The minimum absolute atomic E-state index is 0.309. The molecule has 4 rings (SSSR count). The second-order valence-corrected chi connectivity index (χ2v) is 5.66. The van der Waals surface area contributed by atoms with E-state index in [2.05, 4.69) is 10.4 Å². The van der Waals surface area contributed by atoms with E-state index in [1.54, 1.807) is 24.3 Å². The first-order valence-corrected chi connectivity index (χ1v) is 8.04. The summed E-state index contributed by atoms with van der Waals surface area (Å²) in [5.74, 6) is 0.